The Balaban J connectivity index is 1.86. The Hall–Kier alpha value is -1.99. The molecule has 1 fully saturated rings. The Kier molecular flexibility index (Phi) is 10.8. The molecule has 1 aliphatic heterocycles. The van der Waals surface area contributed by atoms with E-state index in [0.29, 0.717) is 19.3 Å². The van der Waals surface area contributed by atoms with Gasteiger partial charge in [0, 0.05) is 45.3 Å². The van der Waals surface area contributed by atoms with Gasteiger partial charge in [0.05, 0.1) is 19.8 Å². The number of benzene rings is 1. The summed E-state index contributed by atoms with van der Waals surface area (Å²) >= 11 is 0. The van der Waals surface area contributed by atoms with E-state index < -0.39 is 0 Å². The van der Waals surface area contributed by atoms with Crippen molar-refractivity contribution in [2.75, 3.05) is 66.1 Å². The number of nitrogens with one attached hydrogen (secondary N) is 2. The minimum absolute atomic E-state index is 0.453. The van der Waals surface area contributed by atoms with Crippen LogP contribution in [-0.4, -0.2) is 87.9 Å². The smallest absolute Gasteiger partial charge is 0.191 e. The van der Waals surface area contributed by atoms with Crippen molar-refractivity contribution in [3.63, 3.8) is 0 Å². The van der Waals surface area contributed by atoms with Crippen LogP contribution >= 0.6 is 0 Å². The molecule has 1 aromatic carbocycles. The third-order valence-electron chi connectivity index (χ3n) is 5.33. The lowest BCUT2D eigenvalue weighted by Crippen LogP contribution is -2.49. The van der Waals surface area contributed by atoms with Gasteiger partial charge < -0.3 is 25.0 Å². The number of nitrogens with zero attached hydrogens (tertiary/aromatic N) is 3. The highest BCUT2D eigenvalue weighted by Gasteiger charge is 2.18. The van der Waals surface area contributed by atoms with Crippen LogP contribution in [0.25, 0.3) is 0 Å². The van der Waals surface area contributed by atoms with E-state index in [1.807, 2.05) is 19.9 Å². The van der Waals surface area contributed by atoms with Crippen molar-refractivity contribution < 1.29 is 9.47 Å². The molecule has 1 aromatic rings. The molecule has 170 valence electrons. The van der Waals surface area contributed by atoms with Gasteiger partial charge >= 0.3 is 0 Å². The van der Waals surface area contributed by atoms with Crippen LogP contribution in [0.2, 0.25) is 0 Å². The molecular formula is C23H41N5O2. The van der Waals surface area contributed by atoms with Crippen LogP contribution in [0.15, 0.2) is 23.2 Å². The fourth-order valence-corrected chi connectivity index (χ4v) is 3.52. The summed E-state index contributed by atoms with van der Waals surface area (Å²) < 4.78 is 11.4. The van der Waals surface area contributed by atoms with Crippen LogP contribution in [-0.2, 0) is 6.42 Å². The second-order valence-electron chi connectivity index (χ2n) is 7.73. The van der Waals surface area contributed by atoms with Crippen molar-refractivity contribution in [1.82, 2.24) is 20.4 Å². The number of hydrogen-bond acceptors (Lipinski definition) is 5. The van der Waals surface area contributed by atoms with Crippen molar-refractivity contribution in [3.8, 4) is 11.5 Å². The second kappa shape index (κ2) is 13.3. The molecule has 1 aliphatic rings. The Bertz CT molecular complexity index is 644. The largest absolute Gasteiger partial charge is 0.490 e. The monoisotopic (exact) mass is 419 g/mol. The number of rotatable bonds is 11. The zero-order valence-corrected chi connectivity index (χ0v) is 19.5. The molecule has 0 radical (unpaired) electrons. The molecule has 1 saturated heterocycles. The third-order valence-corrected chi connectivity index (χ3v) is 5.33. The highest BCUT2D eigenvalue weighted by Crippen LogP contribution is 2.28. The standard InChI is InChI=1S/C23H41N5O2/c1-6-24-23(26-18-19(4)28-15-13-27(5)14-16-28)25-12-11-20-9-10-21(29-7-2)22(17-20)30-8-3/h9-10,17,19H,6-8,11-16,18H2,1-5H3,(H2,24,25,26). The molecule has 2 N–H and O–H groups in total. The fourth-order valence-electron chi connectivity index (χ4n) is 3.52. The van der Waals surface area contributed by atoms with Gasteiger partial charge in [-0.15, -0.1) is 0 Å². The maximum Gasteiger partial charge on any atom is 0.191 e. The molecule has 1 heterocycles. The summed E-state index contributed by atoms with van der Waals surface area (Å²) in [5, 5.41) is 6.83. The predicted octanol–water partition coefficient (Wildman–Crippen LogP) is 2.22. The molecule has 1 unspecified atom stereocenters. The molecule has 2 rings (SSSR count). The molecule has 0 spiro atoms. The van der Waals surface area contributed by atoms with E-state index in [1.165, 1.54) is 5.56 Å². The van der Waals surface area contributed by atoms with Crippen LogP contribution in [0, 0.1) is 0 Å². The van der Waals surface area contributed by atoms with Crippen molar-refractivity contribution in [3.05, 3.63) is 23.8 Å². The maximum atomic E-state index is 5.74. The highest BCUT2D eigenvalue weighted by molar-refractivity contribution is 5.79. The van der Waals surface area contributed by atoms with Gasteiger partial charge in [-0.1, -0.05) is 6.07 Å². The maximum absolute atomic E-state index is 5.74. The first-order chi connectivity index (χ1) is 14.6. The van der Waals surface area contributed by atoms with E-state index in [4.69, 9.17) is 14.5 Å². The molecule has 7 heteroatoms. The van der Waals surface area contributed by atoms with Gasteiger partial charge in [0.1, 0.15) is 0 Å². The predicted molar refractivity (Wildman–Crippen MR) is 125 cm³/mol. The minimum Gasteiger partial charge on any atom is -0.490 e. The lowest BCUT2D eigenvalue weighted by Gasteiger charge is -2.35. The summed E-state index contributed by atoms with van der Waals surface area (Å²) in [5.41, 5.74) is 1.22. The van der Waals surface area contributed by atoms with E-state index in [0.717, 1.165) is 69.7 Å². The van der Waals surface area contributed by atoms with Crippen molar-refractivity contribution in [2.24, 2.45) is 4.99 Å². The van der Waals surface area contributed by atoms with Gasteiger partial charge in [-0.2, -0.15) is 0 Å². The average molecular weight is 420 g/mol. The molecule has 0 aliphatic carbocycles. The van der Waals surface area contributed by atoms with E-state index in [-0.39, 0.29) is 0 Å². The van der Waals surface area contributed by atoms with E-state index in [2.05, 4.69) is 53.5 Å². The van der Waals surface area contributed by atoms with Crippen molar-refractivity contribution in [2.45, 2.75) is 40.2 Å². The molecule has 1 atom stereocenters. The van der Waals surface area contributed by atoms with Crippen LogP contribution in [0.5, 0.6) is 11.5 Å². The summed E-state index contributed by atoms with van der Waals surface area (Å²) in [6.45, 7) is 16.6. The number of guanidine groups is 1. The quantitative estimate of drug-likeness (QED) is 0.424. The number of hydrogen-bond donors (Lipinski definition) is 2. The lowest BCUT2D eigenvalue weighted by molar-refractivity contribution is 0.122. The number of likely N-dealkylation sites (N-methyl/N-ethyl adjacent to an activating group) is 1. The first-order valence-corrected chi connectivity index (χ1v) is 11.4. The van der Waals surface area contributed by atoms with Crippen LogP contribution in [0.1, 0.15) is 33.3 Å². The van der Waals surface area contributed by atoms with E-state index in [9.17, 15) is 0 Å². The zero-order valence-electron chi connectivity index (χ0n) is 19.5. The summed E-state index contributed by atoms with van der Waals surface area (Å²) in [4.78, 5) is 9.73. The fraction of sp³-hybridized carbons (Fsp3) is 0.696. The van der Waals surface area contributed by atoms with Crippen LogP contribution in [0.4, 0.5) is 0 Å². The first kappa shape index (κ1) is 24.3. The minimum atomic E-state index is 0.453. The molecule has 0 bridgehead atoms. The highest BCUT2D eigenvalue weighted by atomic mass is 16.5. The third kappa shape index (κ3) is 8.03. The van der Waals surface area contributed by atoms with Crippen LogP contribution in [0.3, 0.4) is 0 Å². The number of piperazine rings is 1. The van der Waals surface area contributed by atoms with Gasteiger partial charge in [-0.25, -0.2) is 0 Å². The Labute approximate surface area is 182 Å². The topological polar surface area (TPSA) is 61.4 Å². The number of aliphatic imine (C=N–C) groups is 1. The Morgan fingerprint density at radius 1 is 1.03 bits per heavy atom. The summed E-state index contributed by atoms with van der Waals surface area (Å²) in [5.74, 6) is 2.51. The SMILES string of the molecule is CCNC(=NCC(C)N1CCN(C)CC1)NCCc1ccc(OCC)c(OCC)c1. The van der Waals surface area contributed by atoms with Crippen LogP contribution < -0.4 is 20.1 Å². The van der Waals surface area contributed by atoms with E-state index >= 15 is 0 Å². The van der Waals surface area contributed by atoms with Gasteiger partial charge in [-0.05, 0) is 58.9 Å². The van der Waals surface area contributed by atoms with Crippen molar-refractivity contribution in [1.29, 1.82) is 0 Å². The summed E-state index contributed by atoms with van der Waals surface area (Å²) in [6.07, 6.45) is 0.894. The molecule has 30 heavy (non-hydrogen) atoms. The first-order valence-electron chi connectivity index (χ1n) is 11.4. The summed E-state index contributed by atoms with van der Waals surface area (Å²) in [6, 6.07) is 6.64. The Morgan fingerprint density at radius 2 is 1.73 bits per heavy atom. The molecule has 0 saturated carbocycles. The summed E-state index contributed by atoms with van der Waals surface area (Å²) in [7, 11) is 2.19. The second-order valence-corrected chi connectivity index (χ2v) is 7.73. The van der Waals surface area contributed by atoms with Gasteiger partial charge in [-0.3, -0.25) is 9.89 Å². The molecular weight excluding hydrogens is 378 g/mol. The number of ether oxygens (including phenoxy) is 2. The Morgan fingerprint density at radius 3 is 2.40 bits per heavy atom. The van der Waals surface area contributed by atoms with Gasteiger partial charge in [0.15, 0.2) is 17.5 Å². The van der Waals surface area contributed by atoms with E-state index in [1.54, 1.807) is 0 Å². The molecule has 0 amide bonds. The van der Waals surface area contributed by atoms with Gasteiger partial charge in [0.2, 0.25) is 0 Å². The zero-order chi connectivity index (χ0) is 21.8. The van der Waals surface area contributed by atoms with Crippen molar-refractivity contribution >= 4 is 5.96 Å². The average Bonchev–Trinajstić information content (AvgIpc) is 2.74. The molecule has 7 nitrogen and oxygen atoms in total. The normalized spacial score (nSPS) is 16.9. The molecule has 0 aromatic heterocycles. The lowest BCUT2D eigenvalue weighted by atomic mass is 10.1. The van der Waals surface area contributed by atoms with Gasteiger partial charge in [0.25, 0.3) is 0 Å².